The average Bonchev–Trinajstić information content (AvgIpc) is 3.17. The summed E-state index contributed by atoms with van der Waals surface area (Å²) in [5, 5.41) is 1.26. The highest BCUT2D eigenvalue weighted by Gasteiger charge is 2.43. The molecule has 2 aliphatic heterocycles. The number of alkyl halides is 5. The van der Waals surface area contributed by atoms with Gasteiger partial charge in [0, 0.05) is 43.7 Å². The molecule has 1 saturated heterocycles. The van der Waals surface area contributed by atoms with Gasteiger partial charge in [-0.25, -0.2) is 4.39 Å². The minimum Gasteiger partial charge on any atom is -0.486 e. The third kappa shape index (κ3) is 4.99. The van der Waals surface area contributed by atoms with Crippen molar-refractivity contribution in [1.29, 1.82) is 0 Å². The minimum absolute atomic E-state index is 0.0770. The fourth-order valence-electron chi connectivity index (χ4n) is 6.37. The van der Waals surface area contributed by atoms with Gasteiger partial charge in [-0.1, -0.05) is 25.4 Å². The molecule has 3 N–H and O–H groups in total. The van der Waals surface area contributed by atoms with Crippen LogP contribution < -0.4 is 31.8 Å². The SMILES string of the molecule is Cc1ccnc(C(C)C)c1-n1c(=O)c2c(c3cc(C(F)(F)F)n(C4=C(N)C(Cl)=CC(Cl)C4F)c(=O)c31)N1CCNCC1CCO2. The Morgan fingerprint density at radius 2 is 1.91 bits per heavy atom. The molecule has 0 spiro atoms. The Morgan fingerprint density at radius 3 is 2.60 bits per heavy atom. The molecule has 1 aliphatic carbocycles. The van der Waals surface area contributed by atoms with Crippen molar-refractivity contribution in [2.75, 3.05) is 31.1 Å². The fraction of sp³-hybridized carbons (Fsp3) is 0.433. The summed E-state index contributed by atoms with van der Waals surface area (Å²) in [7, 11) is 0. The molecule has 6 rings (SSSR count). The number of hydrogen-bond acceptors (Lipinski definition) is 7. The molecule has 5 heterocycles. The molecule has 15 heteroatoms. The molecule has 0 saturated carbocycles. The summed E-state index contributed by atoms with van der Waals surface area (Å²) in [6.45, 7) is 6.80. The Labute approximate surface area is 264 Å². The Morgan fingerprint density at radius 1 is 1.18 bits per heavy atom. The molecule has 0 aromatic carbocycles. The monoisotopic (exact) mass is 668 g/mol. The van der Waals surface area contributed by atoms with Crippen molar-refractivity contribution in [3.8, 4) is 11.4 Å². The van der Waals surface area contributed by atoms with Gasteiger partial charge in [-0.15, -0.1) is 11.6 Å². The lowest BCUT2D eigenvalue weighted by Crippen LogP contribution is -2.51. The second-order valence-electron chi connectivity index (χ2n) is 11.6. The van der Waals surface area contributed by atoms with E-state index in [0.717, 1.165) is 16.7 Å². The number of ether oxygens (including phenoxy) is 1. The zero-order valence-corrected chi connectivity index (χ0v) is 26.0. The molecule has 1 fully saturated rings. The van der Waals surface area contributed by atoms with E-state index in [1.807, 2.05) is 18.7 Å². The molecule has 3 aliphatic rings. The van der Waals surface area contributed by atoms with E-state index in [1.165, 1.54) is 0 Å². The molecular formula is C30H30Cl2F4N6O3. The van der Waals surface area contributed by atoms with Crippen LogP contribution in [0.15, 0.2) is 44.7 Å². The van der Waals surface area contributed by atoms with Crippen LogP contribution in [0.1, 0.15) is 43.1 Å². The molecule has 3 atom stereocenters. The molecule has 240 valence electrons. The molecule has 3 aromatic heterocycles. The van der Waals surface area contributed by atoms with Crippen molar-refractivity contribution in [1.82, 2.24) is 19.4 Å². The van der Waals surface area contributed by atoms with E-state index in [0.29, 0.717) is 37.3 Å². The number of anilines is 1. The third-order valence-electron chi connectivity index (χ3n) is 8.44. The third-order valence-corrected chi connectivity index (χ3v) is 9.12. The number of fused-ring (bicyclic) bond motifs is 5. The summed E-state index contributed by atoms with van der Waals surface area (Å²) in [5.41, 5.74) is 1.85. The second kappa shape index (κ2) is 11.4. The van der Waals surface area contributed by atoms with Gasteiger partial charge in [0.1, 0.15) is 11.2 Å². The summed E-state index contributed by atoms with van der Waals surface area (Å²) >= 11 is 12.3. The number of nitrogens with two attached hydrogens (primary N) is 1. The quantitative estimate of drug-likeness (QED) is 0.306. The first-order chi connectivity index (χ1) is 21.2. The first kappa shape index (κ1) is 31.4. The summed E-state index contributed by atoms with van der Waals surface area (Å²) in [6, 6.07) is 2.15. The van der Waals surface area contributed by atoms with Crippen LogP contribution in [0.4, 0.5) is 23.2 Å². The highest BCUT2D eigenvalue weighted by molar-refractivity contribution is 6.34. The van der Waals surface area contributed by atoms with Crippen LogP contribution in [0.3, 0.4) is 0 Å². The predicted molar refractivity (Wildman–Crippen MR) is 165 cm³/mol. The maximum atomic E-state index is 15.8. The van der Waals surface area contributed by atoms with Crippen LogP contribution in [-0.4, -0.2) is 57.9 Å². The average molecular weight is 670 g/mol. The van der Waals surface area contributed by atoms with Crippen LogP contribution in [0.25, 0.3) is 22.3 Å². The topological polar surface area (TPSA) is 107 Å². The first-order valence-corrected chi connectivity index (χ1v) is 15.2. The molecule has 0 bridgehead atoms. The maximum Gasteiger partial charge on any atom is 0.431 e. The Hall–Kier alpha value is -3.55. The number of aromatic nitrogens is 3. The minimum atomic E-state index is -5.18. The highest BCUT2D eigenvalue weighted by Crippen LogP contribution is 2.43. The number of allylic oxidation sites excluding steroid dienone is 3. The van der Waals surface area contributed by atoms with Gasteiger partial charge in [0.25, 0.3) is 11.1 Å². The van der Waals surface area contributed by atoms with Crippen LogP contribution >= 0.6 is 23.2 Å². The number of piperazine rings is 1. The number of hydrogen-bond donors (Lipinski definition) is 2. The van der Waals surface area contributed by atoms with Crippen molar-refractivity contribution in [3.05, 3.63) is 72.8 Å². The van der Waals surface area contributed by atoms with Crippen LogP contribution in [0, 0.1) is 6.92 Å². The van der Waals surface area contributed by atoms with Crippen molar-refractivity contribution in [3.63, 3.8) is 0 Å². The fourth-order valence-corrected chi connectivity index (χ4v) is 6.92. The molecule has 0 radical (unpaired) electrons. The van der Waals surface area contributed by atoms with Crippen LogP contribution in [-0.2, 0) is 6.18 Å². The largest absolute Gasteiger partial charge is 0.486 e. The summed E-state index contributed by atoms with van der Waals surface area (Å²) in [5.74, 6) is -0.439. The number of rotatable bonds is 3. The maximum absolute atomic E-state index is 15.8. The summed E-state index contributed by atoms with van der Waals surface area (Å²) in [4.78, 5) is 35.6. The highest BCUT2D eigenvalue weighted by atomic mass is 35.5. The number of aryl methyl sites for hydroxylation is 1. The van der Waals surface area contributed by atoms with E-state index < -0.39 is 51.4 Å². The Balaban J connectivity index is 1.88. The van der Waals surface area contributed by atoms with Crippen LogP contribution in [0.5, 0.6) is 5.75 Å². The van der Waals surface area contributed by atoms with E-state index in [2.05, 4.69) is 10.3 Å². The standard InChI is InChI=1S/C30H30Cl2F4N6O3/c1-13(2)22-23(14(3)4-6-39-22)42-25-16(24-27(29(42)44)45-9-5-15-12-38-7-8-40(15)24)10-19(30(34,35)36)41(28(25)43)26-20(33)17(31)11-18(32)21(26)37/h4,6,10-11,13,15,17,20,38H,5,7-9,12,37H2,1-3H3. The van der Waals surface area contributed by atoms with Gasteiger partial charge in [-0.2, -0.15) is 13.2 Å². The molecule has 0 amide bonds. The molecular weight excluding hydrogens is 639 g/mol. The van der Waals surface area contributed by atoms with Crippen LogP contribution in [0.2, 0.25) is 0 Å². The van der Waals surface area contributed by atoms with Gasteiger partial charge < -0.3 is 20.7 Å². The second-order valence-corrected chi connectivity index (χ2v) is 12.5. The van der Waals surface area contributed by atoms with Crippen molar-refractivity contribution in [2.45, 2.75) is 56.9 Å². The summed E-state index contributed by atoms with van der Waals surface area (Å²) in [6.07, 6.45) is -4.44. The van der Waals surface area contributed by atoms with Crippen molar-refractivity contribution in [2.24, 2.45) is 5.73 Å². The van der Waals surface area contributed by atoms with Gasteiger partial charge in [0.2, 0.25) is 5.75 Å². The number of halogens is 6. The Kier molecular flexibility index (Phi) is 7.93. The smallest absolute Gasteiger partial charge is 0.431 e. The van der Waals surface area contributed by atoms with E-state index in [-0.39, 0.29) is 50.7 Å². The number of pyridine rings is 3. The zero-order chi connectivity index (χ0) is 32.5. The van der Waals surface area contributed by atoms with E-state index in [1.54, 1.807) is 19.2 Å². The van der Waals surface area contributed by atoms with E-state index in [9.17, 15) is 22.8 Å². The van der Waals surface area contributed by atoms with Gasteiger partial charge in [-0.3, -0.25) is 23.7 Å². The van der Waals surface area contributed by atoms with Crippen molar-refractivity contribution >= 4 is 45.5 Å². The summed E-state index contributed by atoms with van der Waals surface area (Å²) < 4.78 is 67.9. The Bertz CT molecular complexity index is 1900. The van der Waals surface area contributed by atoms with Gasteiger partial charge in [-0.05, 0) is 36.6 Å². The first-order valence-electron chi connectivity index (χ1n) is 14.4. The molecule has 45 heavy (non-hydrogen) atoms. The zero-order valence-electron chi connectivity index (χ0n) is 24.5. The lowest BCUT2D eigenvalue weighted by molar-refractivity contribution is -0.142. The molecule has 3 aromatic rings. The normalized spacial score (nSPS) is 22.2. The van der Waals surface area contributed by atoms with Gasteiger partial charge in [0.05, 0.1) is 45.5 Å². The lowest BCUT2D eigenvalue weighted by Gasteiger charge is -2.37. The van der Waals surface area contributed by atoms with E-state index >= 15 is 4.39 Å². The van der Waals surface area contributed by atoms with Gasteiger partial charge >= 0.3 is 6.18 Å². The van der Waals surface area contributed by atoms with E-state index in [4.69, 9.17) is 33.7 Å². The lowest BCUT2D eigenvalue weighted by atomic mass is 10.0. The number of nitrogens with zero attached hydrogens (tertiary/aromatic N) is 4. The van der Waals surface area contributed by atoms with Crippen molar-refractivity contribution < 1.29 is 22.3 Å². The predicted octanol–water partition coefficient (Wildman–Crippen LogP) is 4.77. The number of nitrogens with one attached hydrogen (secondary N) is 1. The molecule has 9 nitrogen and oxygen atoms in total. The molecule has 3 unspecified atom stereocenters. The van der Waals surface area contributed by atoms with Gasteiger partial charge in [0.15, 0.2) is 6.17 Å².